The zero-order valence-electron chi connectivity index (χ0n) is 6.59. The third kappa shape index (κ3) is 3.21. The van der Waals surface area contributed by atoms with E-state index in [0.29, 0.717) is 0 Å². The molecule has 0 atom stereocenters. The maximum absolute atomic E-state index is 5.62. The number of hydrogen-bond acceptors (Lipinski definition) is 2. The van der Waals surface area contributed by atoms with Gasteiger partial charge in [-0.15, -0.1) is 6.07 Å². The van der Waals surface area contributed by atoms with Gasteiger partial charge in [0.25, 0.3) is 0 Å². The van der Waals surface area contributed by atoms with Crippen LogP contribution in [0.5, 0.6) is 0 Å². The molecule has 1 aromatic rings. The number of benzene rings is 1. The number of nitrogens with one attached hydrogen (secondary N) is 1. The Hall–Kier alpha value is -0.0761. The SMILES string of the molecule is CCNc1c[c-]ccc1N.[Y]. The van der Waals surface area contributed by atoms with E-state index in [9.17, 15) is 0 Å². The fraction of sp³-hybridized carbons (Fsp3) is 0.250. The van der Waals surface area contributed by atoms with Gasteiger partial charge in [0.05, 0.1) is 0 Å². The molecule has 3 N–H and O–H groups in total. The van der Waals surface area contributed by atoms with Crippen LogP contribution in [0.4, 0.5) is 11.4 Å². The van der Waals surface area contributed by atoms with Crippen molar-refractivity contribution in [2.24, 2.45) is 0 Å². The van der Waals surface area contributed by atoms with Gasteiger partial charge in [0, 0.05) is 39.3 Å². The molecule has 0 aromatic heterocycles. The summed E-state index contributed by atoms with van der Waals surface area (Å²) in [6.07, 6.45) is 0. The maximum Gasteiger partial charge on any atom is 0.000507 e. The first-order valence-corrected chi connectivity index (χ1v) is 3.34. The fourth-order valence-corrected chi connectivity index (χ4v) is 0.786. The molecule has 0 aliphatic rings. The second-order valence-electron chi connectivity index (χ2n) is 2.04. The second kappa shape index (κ2) is 5.56. The molecule has 1 aromatic carbocycles. The van der Waals surface area contributed by atoms with Gasteiger partial charge in [-0.3, -0.25) is 0 Å². The summed E-state index contributed by atoms with van der Waals surface area (Å²) < 4.78 is 0. The molecule has 0 aliphatic carbocycles. The molecular formula is C8H11N2Y-. The zero-order valence-corrected chi connectivity index (χ0v) is 9.43. The van der Waals surface area contributed by atoms with E-state index in [1.807, 2.05) is 19.1 Å². The van der Waals surface area contributed by atoms with Crippen molar-refractivity contribution in [3.8, 4) is 0 Å². The molecule has 57 valence electrons. The van der Waals surface area contributed by atoms with E-state index >= 15 is 0 Å². The average Bonchev–Trinajstić information content (AvgIpc) is 1.94. The van der Waals surface area contributed by atoms with Crippen LogP contribution in [0.3, 0.4) is 0 Å². The molecule has 0 fully saturated rings. The molecule has 3 heteroatoms. The zero-order chi connectivity index (χ0) is 7.40. The Balaban J connectivity index is 0.000001000. The smallest absolute Gasteiger partial charge is 0.000507 e. The summed E-state index contributed by atoms with van der Waals surface area (Å²) in [6, 6.07) is 8.42. The van der Waals surface area contributed by atoms with Crippen LogP contribution >= 0.6 is 0 Å². The van der Waals surface area contributed by atoms with Gasteiger partial charge in [-0.1, -0.05) is 11.4 Å². The van der Waals surface area contributed by atoms with E-state index in [1.54, 1.807) is 6.07 Å². The van der Waals surface area contributed by atoms with Gasteiger partial charge in [0.15, 0.2) is 0 Å². The van der Waals surface area contributed by atoms with Crippen molar-refractivity contribution in [3.63, 3.8) is 0 Å². The predicted octanol–water partition coefficient (Wildman–Crippen LogP) is 1.50. The monoisotopic (exact) mass is 224 g/mol. The Morgan fingerprint density at radius 3 is 2.91 bits per heavy atom. The Bertz CT molecular complexity index is 213. The summed E-state index contributed by atoms with van der Waals surface area (Å²) in [4.78, 5) is 0. The van der Waals surface area contributed by atoms with Crippen LogP contribution in [0.25, 0.3) is 0 Å². The number of hydrogen-bond donors (Lipinski definition) is 2. The Kier molecular flexibility index (Phi) is 5.52. The van der Waals surface area contributed by atoms with Crippen LogP contribution in [-0.2, 0) is 32.7 Å². The summed E-state index contributed by atoms with van der Waals surface area (Å²) in [5.74, 6) is 0. The molecule has 1 radical (unpaired) electrons. The summed E-state index contributed by atoms with van der Waals surface area (Å²) in [7, 11) is 0. The third-order valence-electron chi connectivity index (χ3n) is 1.27. The predicted molar refractivity (Wildman–Crippen MR) is 43.9 cm³/mol. The Labute approximate surface area is 92.4 Å². The molecule has 0 unspecified atom stereocenters. The van der Waals surface area contributed by atoms with Gasteiger partial charge in [0.1, 0.15) is 0 Å². The summed E-state index contributed by atoms with van der Waals surface area (Å²) in [5, 5.41) is 3.12. The van der Waals surface area contributed by atoms with Crippen molar-refractivity contribution >= 4 is 11.4 Å². The number of rotatable bonds is 2. The molecule has 11 heavy (non-hydrogen) atoms. The number of anilines is 2. The van der Waals surface area contributed by atoms with Crippen molar-refractivity contribution in [2.75, 3.05) is 17.6 Å². The summed E-state index contributed by atoms with van der Waals surface area (Å²) in [5.41, 5.74) is 7.37. The van der Waals surface area contributed by atoms with Gasteiger partial charge in [-0.2, -0.15) is 18.2 Å². The second-order valence-corrected chi connectivity index (χ2v) is 2.04. The molecule has 0 saturated carbocycles. The minimum Gasteiger partial charge on any atom is -0.435 e. The average molecular weight is 224 g/mol. The van der Waals surface area contributed by atoms with Gasteiger partial charge in [-0.25, -0.2) is 0 Å². The molecule has 0 saturated heterocycles. The molecule has 0 amide bonds. The minimum atomic E-state index is 0. The van der Waals surface area contributed by atoms with E-state index in [0.717, 1.165) is 17.9 Å². The van der Waals surface area contributed by atoms with E-state index in [4.69, 9.17) is 5.73 Å². The molecule has 0 bridgehead atoms. The standard InChI is InChI=1S/C8H11N2.Y/c1-2-10-8-6-4-3-5-7(8)9;/h3,5-6,10H,2,9H2,1H3;/q-1;. The van der Waals surface area contributed by atoms with Gasteiger partial charge < -0.3 is 11.1 Å². The van der Waals surface area contributed by atoms with Crippen molar-refractivity contribution < 1.29 is 32.7 Å². The van der Waals surface area contributed by atoms with E-state index in [2.05, 4.69) is 11.4 Å². The van der Waals surface area contributed by atoms with Crippen LogP contribution in [0.1, 0.15) is 6.92 Å². The largest absolute Gasteiger partial charge is 0.435 e. The van der Waals surface area contributed by atoms with Crippen molar-refractivity contribution in [1.82, 2.24) is 0 Å². The van der Waals surface area contributed by atoms with Crippen LogP contribution < -0.4 is 11.1 Å². The van der Waals surface area contributed by atoms with E-state index in [1.165, 1.54) is 0 Å². The van der Waals surface area contributed by atoms with Gasteiger partial charge >= 0.3 is 0 Å². The first-order chi connectivity index (χ1) is 4.84. The van der Waals surface area contributed by atoms with Crippen LogP contribution in [-0.4, -0.2) is 6.54 Å². The van der Waals surface area contributed by atoms with Crippen molar-refractivity contribution in [1.29, 1.82) is 0 Å². The first-order valence-electron chi connectivity index (χ1n) is 3.34. The van der Waals surface area contributed by atoms with Crippen LogP contribution in [0.15, 0.2) is 18.2 Å². The number of nitrogen functional groups attached to an aromatic ring is 1. The first kappa shape index (κ1) is 10.9. The quantitative estimate of drug-likeness (QED) is 0.590. The molecule has 0 spiro atoms. The van der Waals surface area contributed by atoms with Crippen LogP contribution in [0, 0.1) is 6.07 Å². The van der Waals surface area contributed by atoms with Crippen LogP contribution in [0.2, 0.25) is 0 Å². The molecular weight excluding hydrogens is 213 g/mol. The van der Waals surface area contributed by atoms with Crippen molar-refractivity contribution in [3.05, 3.63) is 24.3 Å². The topological polar surface area (TPSA) is 38.0 Å². The summed E-state index contributed by atoms with van der Waals surface area (Å²) in [6.45, 7) is 2.93. The van der Waals surface area contributed by atoms with E-state index in [-0.39, 0.29) is 32.7 Å². The molecule has 2 nitrogen and oxygen atoms in total. The Morgan fingerprint density at radius 2 is 2.36 bits per heavy atom. The van der Waals surface area contributed by atoms with Crippen molar-refractivity contribution in [2.45, 2.75) is 6.92 Å². The molecule has 0 aliphatic heterocycles. The van der Waals surface area contributed by atoms with Gasteiger partial charge in [-0.05, 0) is 6.92 Å². The molecule has 1 rings (SSSR count). The third-order valence-corrected chi connectivity index (χ3v) is 1.27. The Morgan fingerprint density at radius 1 is 1.64 bits per heavy atom. The van der Waals surface area contributed by atoms with E-state index < -0.39 is 0 Å². The van der Waals surface area contributed by atoms with Gasteiger partial charge in [0.2, 0.25) is 0 Å². The fourth-order valence-electron chi connectivity index (χ4n) is 0.786. The molecule has 0 heterocycles. The maximum atomic E-state index is 5.62. The number of nitrogens with two attached hydrogens (primary N) is 1. The normalized spacial score (nSPS) is 8.45. The summed E-state index contributed by atoms with van der Waals surface area (Å²) >= 11 is 0. The minimum absolute atomic E-state index is 0.